The van der Waals surface area contributed by atoms with Crippen LogP contribution in [0.4, 0.5) is 0 Å². The topological polar surface area (TPSA) is 58.1 Å². The smallest absolute Gasteiger partial charge is 0.255 e. The largest absolute Gasteiger partial charge is 0.336 e. The lowest BCUT2D eigenvalue weighted by molar-refractivity contribution is 0.0660. The lowest BCUT2D eigenvalue weighted by atomic mass is 9.98. The normalized spacial score (nSPS) is 19.4. The van der Waals surface area contributed by atoms with Crippen LogP contribution in [-0.2, 0) is 0 Å². The van der Waals surface area contributed by atoms with Crippen molar-refractivity contribution in [3.63, 3.8) is 0 Å². The van der Waals surface area contributed by atoms with Crippen LogP contribution in [0.25, 0.3) is 0 Å². The number of hydrogen-bond donors (Lipinski definition) is 1. The van der Waals surface area contributed by atoms with E-state index in [1.807, 2.05) is 4.90 Å². The highest BCUT2D eigenvalue weighted by molar-refractivity contribution is 5.94. The van der Waals surface area contributed by atoms with E-state index in [-0.39, 0.29) is 11.9 Å². The van der Waals surface area contributed by atoms with Gasteiger partial charge in [-0.05, 0) is 51.8 Å². The highest BCUT2D eigenvalue weighted by Crippen LogP contribution is 2.15. The van der Waals surface area contributed by atoms with Gasteiger partial charge in [-0.25, -0.2) is 0 Å². The van der Waals surface area contributed by atoms with Crippen molar-refractivity contribution in [1.82, 2.24) is 20.4 Å². The van der Waals surface area contributed by atoms with Crippen LogP contribution in [0.2, 0.25) is 0 Å². The van der Waals surface area contributed by atoms with Gasteiger partial charge in [0.1, 0.15) is 0 Å². The van der Waals surface area contributed by atoms with Gasteiger partial charge in [0.2, 0.25) is 0 Å². The second-order valence-electron chi connectivity index (χ2n) is 5.39. The molecule has 1 N–H and O–H groups in total. The molecule has 1 fully saturated rings. The Bertz CT molecular complexity index is 401. The molecule has 0 radical (unpaired) electrons. The van der Waals surface area contributed by atoms with Crippen LogP contribution in [0.3, 0.4) is 0 Å². The molecule has 1 aliphatic rings. The first-order chi connectivity index (χ1) is 9.18. The van der Waals surface area contributed by atoms with E-state index in [2.05, 4.69) is 29.4 Å². The first-order valence-electron chi connectivity index (χ1n) is 6.97. The Kier molecular flexibility index (Phi) is 4.85. The van der Waals surface area contributed by atoms with Crippen molar-refractivity contribution in [3.8, 4) is 0 Å². The van der Waals surface area contributed by atoms with Crippen LogP contribution in [-0.4, -0.2) is 46.7 Å². The number of nitrogens with zero attached hydrogens (tertiary/aromatic N) is 3. The highest BCUT2D eigenvalue weighted by atomic mass is 16.2. The molecule has 0 aromatic carbocycles. The summed E-state index contributed by atoms with van der Waals surface area (Å²) < 4.78 is 0. The van der Waals surface area contributed by atoms with Gasteiger partial charge in [0, 0.05) is 12.6 Å². The minimum Gasteiger partial charge on any atom is -0.336 e. The number of amides is 1. The summed E-state index contributed by atoms with van der Waals surface area (Å²) in [6.07, 6.45) is 5.49. The molecule has 1 saturated heterocycles. The standard InChI is InChI=1S/C14H22N4O/c1-11(2)18(10-12-4-3-6-15-8-12)14(19)13-5-7-16-17-9-13/h5,7,9,11-12,15H,3-4,6,8,10H2,1-2H3. The van der Waals surface area contributed by atoms with Crippen molar-refractivity contribution in [3.05, 3.63) is 24.0 Å². The maximum absolute atomic E-state index is 12.5. The third kappa shape index (κ3) is 3.73. The van der Waals surface area contributed by atoms with Gasteiger partial charge in [-0.1, -0.05) is 0 Å². The Morgan fingerprint density at radius 3 is 2.95 bits per heavy atom. The molecule has 2 heterocycles. The highest BCUT2D eigenvalue weighted by Gasteiger charge is 2.23. The zero-order valence-corrected chi connectivity index (χ0v) is 11.7. The maximum Gasteiger partial charge on any atom is 0.255 e. The summed E-state index contributed by atoms with van der Waals surface area (Å²) in [5.41, 5.74) is 0.618. The zero-order chi connectivity index (χ0) is 13.7. The Morgan fingerprint density at radius 1 is 1.53 bits per heavy atom. The Labute approximate surface area is 114 Å². The number of carbonyl (C=O) groups excluding carboxylic acids is 1. The average Bonchev–Trinajstić information content (AvgIpc) is 2.46. The Hall–Kier alpha value is -1.49. The molecule has 0 saturated carbocycles. The molecular formula is C14H22N4O. The second-order valence-corrected chi connectivity index (χ2v) is 5.39. The van der Waals surface area contributed by atoms with E-state index in [1.165, 1.54) is 19.0 Å². The third-order valence-electron chi connectivity index (χ3n) is 3.57. The molecule has 19 heavy (non-hydrogen) atoms. The molecule has 5 heteroatoms. The molecule has 1 aliphatic heterocycles. The van der Waals surface area contributed by atoms with Crippen molar-refractivity contribution in [1.29, 1.82) is 0 Å². The van der Waals surface area contributed by atoms with E-state index in [0.717, 1.165) is 19.6 Å². The summed E-state index contributed by atoms with van der Waals surface area (Å²) in [5, 5.41) is 10.9. The number of carbonyl (C=O) groups is 1. The first-order valence-corrected chi connectivity index (χ1v) is 6.97. The van der Waals surface area contributed by atoms with Gasteiger partial charge in [-0.2, -0.15) is 10.2 Å². The maximum atomic E-state index is 12.5. The van der Waals surface area contributed by atoms with E-state index in [9.17, 15) is 4.79 Å². The number of piperidine rings is 1. The zero-order valence-electron chi connectivity index (χ0n) is 11.7. The monoisotopic (exact) mass is 262 g/mol. The number of hydrogen-bond acceptors (Lipinski definition) is 4. The van der Waals surface area contributed by atoms with Crippen LogP contribution in [0.15, 0.2) is 18.5 Å². The summed E-state index contributed by atoms with van der Waals surface area (Å²) in [7, 11) is 0. The van der Waals surface area contributed by atoms with Gasteiger partial charge in [0.05, 0.1) is 18.0 Å². The summed E-state index contributed by atoms with van der Waals surface area (Å²) in [6, 6.07) is 1.92. The average molecular weight is 262 g/mol. The van der Waals surface area contributed by atoms with Gasteiger partial charge in [-0.3, -0.25) is 4.79 Å². The quantitative estimate of drug-likeness (QED) is 0.889. The van der Waals surface area contributed by atoms with E-state index in [1.54, 1.807) is 12.3 Å². The third-order valence-corrected chi connectivity index (χ3v) is 3.57. The van der Waals surface area contributed by atoms with Crippen molar-refractivity contribution in [2.24, 2.45) is 5.92 Å². The lowest BCUT2D eigenvalue weighted by Gasteiger charge is -2.32. The fraction of sp³-hybridized carbons (Fsp3) is 0.643. The van der Waals surface area contributed by atoms with Crippen LogP contribution in [0, 0.1) is 5.92 Å². The molecule has 0 aliphatic carbocycles. The predicted molar refractivity (Wildman–Crippen MR) is 73.8 cm³/mol. The van der Waals surface area contributed by atoms with E-state index in [0.29, 0.717) is 11.5 Å². The molecule has 0 spiro atoms. The second kappa shape index (κ2) is 6.61. The van der Waals surface area contributed by atoms with E-state index >= 15 is 0 Å². The predicted octanol–water partition coefficient (Wildman–Crippen LogP) is 1.33. The van der Waals surface area contributed by atoms with E-state index in [4.69, 9.17) is 0 Å². The van der Waals surface area contributed by atoms with Gasteiger partial charge >= 0.3 is 0 Å². The minimum atomic E-state index is 0.0514. The fourth-order valence-corrected chi connectivity index (χ4v) is 2.47. The molecule has 5 nitrogen and oxygen atoms in total. The van der Waals surface area contributed by atoms with Crippen molar-refractivity contribution < 1.29 is 4.79 Å². The summed E-state index contributed by atoms with van der Waals surface area (Å²) in [5.74, 6) is 0.602. The minimum absolute atomic E-state index is 0.0514. The van der Waals surface area contributed by atoms with Crippen molar-refractivity contribution in [2.45, 2.75) is 32.7 Å². The molecular weight excluding hydrogens is 240 g/mol. The molecule has 1 atom stereocenters. The number of nitrogens with one attached hydrogen (secondary N) is 1. The molecule has 2 rings (SSSR count). The number of aromatic nitrogens is 2. The van der Waals surface area contributed by atoms with Gasteiger partial charge in [0.15, 0.2) is 0 Å². The Morgan fingerprint density at radius 2 is 2.37 bits per heavy atom. The van der Waals surface area contributed by atoms with Gasteiger partial charge in [0.25, 0.3) is 5.91 Å². The molecule has 0 bridgehead atoms. The molecule has 1 unspecified atom stereocenters. The van der Waals surface area contributed by atoms with Crippen molar-refractivity contribution >= 4 is 5.91 Å². The van der Waals surface area contributed by atoms with Gasteiger partial charge in [-0.15, -0.1) is 0 Å². The summed E-state index contributed by atoms with van der Waals surface area (Å²) in [6.45, 7) is 7.03. The fourth-order valence-electron chi connectivity index (χ4n) is 2.47. The number of rotatable bonds is 4. The van der Waals surface area contributed by atoms with Crippen molar-refractivity contribution in [2.75, 3.05) is 19.6 Å². The molecule has 104 valence electrons. The van der Waals surface area contributed by atoms with Crippen LogP contribution >= 0.6 is 0 Å². The Balaban J connectivity index is 2.05. The SMILES string of the molecule is CC(C)N(CC1CCCNC1)C(=O)c1ccnnc1. The summed E-state index contributed by atoms with van der Waals surface area (Å²) in [4.78, 5) is 14.4. The van der Waals surface area contributed by atoms with Crippen LogP contribution in [0.1, 0.15) is 37.0 Å². The van der Waals surface area contributed by atoms with Crippen LogP contribution in [0.5, 0.6) is 0 Å². The first kappa shape index (κ1) is 13.9. The van der Waals surface area contributed by atoms with Crippen LogP contribution < -0.4 is 5.32 Å². The van der Waals surface area contributed by atoms with Gasteiger partial charge < -0.3 is 10.2 Å². The molecule has 1 amide bonds. The summed E-state index contributed by atoms with van der Waals surface area (Å²) >= 11 is 0. The lowest BCUT2D eigenvalue weighted by Crippen LogP contribution is -2.44. The van der Waals surface area contributed by atoms with E-state index < -0.39 is 0 Å². The molecule has 1 aromatic heterocycles. The molecule has 1 aromatic rings.